The average molecular weight is 256 g/mol. The first-order chi connectivity index (χ1) is 8.55. The number of halogens is 3. The van der Waals surface area contributed by atoms with E-state index >= 15 is 0 Å². The van der Waals surface area contributed by atoms with Crippen LogP contribution in [-0.4, -0.2) is 27.7 Å². The summed E-state index contributed by atoms with van der Waals surface area (Å²) in [4.78, 5) is 6.18. The Morgan fingerprint density at radius 2 is 1.89 bits per heavy atom. The molecule has 0 atom stereocenters. The molecule has 0 spiro atoms. The first-order valence-corrected chi connectivity index (χ1v) is 5.72. The first kappa shape index (κ1) is 11.3. The Bertz CT molecular complexity index is 569. The molecule has 0 bridgehead atoms. The lowest BCUT2D eigenvalue weighted by molar-refractivity contribution is -0.141. The summed E-state index contributed by atoms with van der Waals surface area (Å²) in [5.41, 5.74) is -0.470. The monoisotopic (exact) mass is 256 g/mol. The van der Waals surface area contributed by atoms with Gasteiger partial charge in [0.1, 0.15) is 5.52 Å². The van der Waals surface area contributed by atoms with Crippen LogP contribution in [0.3, 0.4) is 0 Å². The smallest absolute Gasteiger partial charge is 0.355 e. The van der Waals surface area contributed by atoms with Crippen LogP contribution < -0.4 is 4.90 Å². The Morgan fingerprint density at radius 1 is 1.17 bits per heavy atom. The molecule has 18 heavy (non-hydrogen) atoms. The molecule has 0 aliphatic carbocycles. The van der Waals surface area contributed by atoms with Crippen LogP contribution >= 0.6 is 0 Å². The van der Waals surface area contributed by atoms with Crippen molar-refractivity contribution in [3.63, 3.8) is 0 Å². The third-order valence-electron chi connectivity index (χ3n) is 3.07. The fraction of sp³-hybridized carbons (Fsp3) is 0.455. The predicted octanol–water partition coefficient (Wildman–Crippen LogP) is 2.35. The molecular weight excluding hydrogens is 245 g/mol. The summed E-state index contributed by atoms with van der Waals surface area (Å²) in [5, 5.41) is 3.54. The molecule has 0 radical (unpaired) electrons. The summed E-state index contributed by atoms with van der Waals surface area (Å²) in [7, 11) is 0. The van der Waals surface area contributed by atoms with Crippen molar-refractivity contribution in [2.24, 2.45) is 0 Å². The van der Waals surface area contributed by atoms with Gasteiger partial charge in [0, 0.05) is 31.5 Å². The van der Waals surface area contributed by atoms with E-state index in [0.29, 0.717) is 11.3 Å². The van der Waals surface area contributed by atoms with Crippen LogP contribution in [0.1, 0.15) is 18.5 Å². The van der Waals surface area contributed by atoms with Gasteiger partial charge in [-0.05, 0) is 12.8 Å². The summed E-state index contributed by atoms with van der Waals surface area (Å²) >= 11 is 0. The third-order valence-corrected chi connectivity index (χ3v) is 3.07. The number of hydrogen-bond acceptors (Lipinski definition) is 3. The van der Waals surface area contributed by atoms with Gasteiger partial charge in [0.15, 0.2) is 11.5 Å². The normalized spacial score (nSPS) is 16.7. The minimum atomic E-state index is -4.42. The second-order valence-corrected chi connectivity index (χ2v) is 4.30. The fourth-order valence-corrected chi connectivity index (χ4v) is 2.22. The minimum Gasteiger partial charge on any atom is -0.355 e. The van der Waals surface area contributed by atoms with E-state index in [9.17, 15) is 13.2 Å². The average Bonchev–Trinajstić information content (AvgIpc) is 2.96. The topological polar surface area (TPSA) is 33.4 Å². The van der Waals surface area contributed by atoms with E-state index in [-0.39, 0.29) is 0 Å². The molecule has 1 aliphatic rings. The minimum absolute atomic E-state index is 0.409. The van der Waals surface area contributed by atoms with E-state index in [1.54, 1.807) is 0 Å². The van der Waals surface area contributed by atoms with Gasteiger partial charge in [-0.25, -0.2) is 9.50 Å². The van der Waals surface area contributed by atoms with E-state index in [4.69, 9.17) is 0 Å². The van der Waals surface area contributed by atoms with E-state index in [2.05, 4.69) is 10.1 Å². The van der Waals surface area contributed by atoms with Crippen molar-refractivity contribution in [2.75, 3.05) is 18.0 Å². The lowest BCUT2D eigenvalue weighted by Gasteiger charge is -2.16. The molecule has 96 valence electrons. The summed E-state index contributed by atoms with van der Waals surface area (Å²) in [6, 6.07) is 1.06. The molecule has 7 heteroatoms. The van der Waals surface area contributed by atoms with Gasteiger partial charge in [-0.15, -0.1) is 0 Å². The zero-order valence-corrected chi connectivity index (χ0v) is 9.48. The van der Waals surface area contributed by atoms with E-state index < -0.39 is 11.9 Å². The van der Waals surface area contributed by atoms with Gasteiger partial charge in [0.25, 0.3) is 0 Å². The van der Waals surface area contributed by atoms with Crippen LogP contribution in [0.5, 0.6) is 0 Å². The molecule has 3 rings (SSSR count). The van der Waals surface area contributed by atoms with Crippen LogP contribution in [0, 0.1) is 0 Å². The second kappa shape index (κ2) is 3.86. The number of hydrogen-bond donors (Lipinski definition) is 0. The lowest BCUT2D eigenvalue weighted by atomic mass is 10.3. The Kier molecular flexibility index (Phi) is 2.42. The molecule has 2 aromatic rings. The number of fused-ring (bicyclic) bond motifs is 1. The predicted molar refractivity (Wildman–Crippen MR) is 59.4 cm³/mol. The van der Waals surface area contributed by atoms with Gasteiger partial charge in [-0.1, -0.05) is 0 Å². The van der Waals surface area contributed by atoms with Crippen molar-refractivity contribution < 1.29 is 13.2 Å². The van der Waals surface area contributed by atoms with Crippen LogP contribution in [0.4, 0.5) is 19.0 Å². The van der Waals surface area contributed by atoms with Crippen molar-refractivity contribution in [1.82, 2.24) is 14.6 Å². The Hall–Kier alpha value is -1.79. The molecular formula is C11H11F3N4. The van der Waals surface area contributed by atoms with Gasteiger partial charge in [0.05, 0.1) is 0 Å². The van der Waals surface area contributed by atoms with Crippen molar-refractivity contribution in [3.8, 4) is 0 Å². The molecule has 0 unspecified atom stereocenters. The number of anilines is 1. The molecule has 4 nitrogen and oxygen atoms in total. The van der Waals surface area contributed by atoms with Gasteiger partial charge in [0.2, 0.25) is 0 Å². The van der Waals surface area contributed by atoms with E-state index in [0.717, 1.165) is 32.0 Å². The zero-order chi connectivity index (χ0) is 12.8. The van der Waals surface area contributed by atoms with E-state index in [1.165, 1.54) is 16.9 Å². The lowest BCUT2D eigenvalue weighted by Crippen LogP contribution is -2.19. The highest BCUT2D eigenvalue weighted by Gasteiger charge is 2.34. The molecule has 1 saturated heterocycles. The Balaban J connectivity index is 2.12. The van der Waals surface area contributed by atoms with Crippen molar-refractivity contribution >= 4 is 11.3 Å². The summed E-state index contributed by atoms with van der Waals surface area (Å²) in [5.74, 6) is 0.581. The number of nitrogens with zero attached hydrogens (tertiary/aromatic N) is 4. The molecule has 1 aliphatic heterocycles. The maximum Gasteiger partial charge on any atom is 0.435 e. The standard InChI is InChI=1S/C11H11F3N4/c12-11(13,14)9-7-8-10(17-4-1-2-5-17)15-3-6-18(8)16-9/h3,6-7H,1-2,4-5H2. The molecule has 0 N–H and O–H groups in total. The largest absolute Gasteiger partial charge is 0.435 e. The van der Waals surface area contributed by atoms with E-state index in [1.807, 2.05) is 4.90 Å². The summed E-state index contributed by atoms with van der Waals surface area (Å²) in [6.45, 7) is 1.67. The zero-order valence-electron chi connectivity index (χ0n) is 9.48. The first-order valence-electron chi connectivity index (χ1n) is 5.72. The number of alkyl halides is 3. The maximum atomic E-state index is 12.6. The molecule has 3 heterocycles. The molecule has 0 saturated carbocycles. The molecule has 2 aromatic heterocycles. The SMILES string of the molecule is FC(F)(F)c1cc2c(N3CCCC3)nccn2n1. The van der Waals surface area contributed by atoms with Gasteiger partial charge >= 0.3 is 6.18 Å². The van der Waals surface area contributed by atoms with Gasteiger partial charge < -0.3 is 4.90 Å². The molecule has 1 fully saturated rings. The highest BCUT2D eigenvalue weighted by molar-refractivity contribution is 5.69. The fourth-order valence-electron chi connectivity index (χ4n) is 2.22. The van der Waals surface area contributed by atoms with Crippen LogP contribution in [-0.2, 0) is 6.18 Å². The number of aromatic nitrogens is 3. The van der Waals surface area contributed by atoms with Crippen LogP contribution in [0.25, 0.3) is 5.52 Å². The van der Waals surface area contributed by atoms with Crippen LogP contribution in [0.2, 0.25) is 0 Å². The summed E-state index contributed by atoms with van der Waals surface area (Å²) < 4.78 is 39.1. The van der Waals surface area contributed by atoms with Gasteiger partial charge in [-0.2, -0.15) is 18.3 Å². The van der Waals surface area contributed by atoms with Crippen molar-refractivity contribution in [3.05, 3.63) is 24.2 Å². The molecule has 0 aromatic carbocycles. The maximum absolute atomic E-state index is 12.6. The quantitative estimate of drug-likeness (QED) is 0.785. The Labute approximate surface area is 101 Å². The highest BCUT2D eigenvalue weighted by atomic mass is 19.4. The summed E-state index contributed by atoms with van der Waals surface area (Å²) in [6.07, 6.45) is 0.582. The number of rotatable bonds is 1. The van der Waals surface area contributed by atoms with Crippen molar-refractivity contribution in [1.29, 1.82) is 0 Å². The molecule has 0 amide bonds. The van der Waals surface area contributed by atoms with Crippen molar-refractivity contribution in [2.45, 2.75) is 19.0 Å². The van der Waals surface area contributed by atoms with Gasteiger partial charge in [-0.3, -0.25) is 0 Å². The second-order valence-electron chi connectivity index (χ2n) is 4.30. The Morgan fingerprint density at radius 3 is 2.56 bits per heavy atom. The third kappa shape index (κ3) is 1.79. The van der Waals surface area contributed by atoms with Crippen LogP contribution in [0.15, 0.2) is 18.5 Å². The highest BCUT2D eigenvalue weighted by Crippen LogP contribution is 2.31.